The number of nitrogens with zero attached hydrogens (tertiary/aromatic N) is 1. The topological polar surface area (TPSA) is 55.0 Å². The molecule has 0 atom stereocenters. The van der Waals surface area contributed by atoms with E-state index in [4.69, 9.17) is 16.3 Å². The lowest BCUT2D eigenvalue weighted by Crippen LogP contribution is -2.04. The minimum absolute atomic E-state index is 0.392. The summed E-state index contributed by atoms with van der Waals surface area (Å²) >= 11 is 11.3. The molecule has 0 unspecified atom stereocenters. The van der Waals surface area contributed by atoms with Crippen molar-refractivity contribution in [3.05, 3.63) is 24.8 Å². The SMILES string of the molecule is COC(=O)c1c(Br)c(Cl)cc2n[nH]c(I)c12. The van der Waals surface area contributed by atoms with Gasteiger partial charge in [0.05, 0.1) is 27.7 Å². The Balaban J connectivity index is 2.90. The van der Waals surface area contributed by atoms with E-state index in [1.807, 2.05) is 0 Å². The van der Waals surface area contributed by atoms with Crippen LogP contribution in [-0.4, -0.2) is 23.3 Å². The van der Waals surface area contributed by atoms with Crippen LogP contribution < -0.4 is 0 Å². The lowest BCUT2D eigenvalue weighted by Gasteiger charge is -2.05. The zero-order valence-corrected chi connectivity index (χ0v) is 12.5. The maximum absolute atomic E-state index is 11.7. The Morgan fingerprint density at radius 1 is 1.69 bits per heavy atom. The Kier molecular flexibility index (Phi) is 3.41. The number of H-pyrrole nitrogens is 1. The van der Waals surface area contributed by atoms with E-state index in [0.717, 1.165) is 3.70 Å². The number of hydrogen-bond donors (Lipinski definition) is 1. The van der Waals surface area contributed by atoms with Crippen LogP contribution in [0.2, 0.25) is 5.02 Å². The highest BCUT2D eigenvalue weighted by Crippen LogP contribution is 2.35. The summed E-state index contributed by atoms with van der Waals surface area (Å²) in [7, 11) is 1.33. The fourth-order valence-electron chi connectivity index (χ4n) is 1.38. The van der Waals surface area contributed by atoms with Crippen LogP contribution >= 0.6 is 50.1 Å². The van der Waals surface area contributed by atoms with Gasteiger partial charge in [0.25, 0.3) is 0 Å². The van der Waals surface area contributed by atoms with E-state index in [-0.39, 0.29) is 0 Å². The van der Waals surface area contributed by atoms with Gasteiger partial charge in [-0.25, -0.2) is 4.79 Å². The molecule has 0 saturated carbocycles. The van der Waals surface area contributed by atoms with E-state index < -0.39 is 5.97 Å². The van der Waals surface area contributed by atoms with Crippen LogP contribution in [0.4, 0.5) is 0 Å². The number of carbonyl (C=O) groups is 1. The molecule has 0 radical (unpaired) electrons. The van der Waals surface area contributed by atoms with E-state index in [1.54, 1.807) is 6.07 Å². The summed E-state index contributed by atoms with van der Waals surface area (Å²) in [6, 6.07) is 1.69. The lowest BCUT2D eigenvalue weighted by molar-refractivity contribution is 0.0602. The molecule has 1 heterocycles. The normalized spacial score (nSPS) is 10.8. The Morgan fingerprint density at radius 2 is 2.38 bits per heavy atom. The summed E-state index contributed by atoms with van der Waals surface area (Å²) < 4.78 is 6.02. The number of benzene rings is 1. The quantitative estimate of drug-likeness (QED) is 0.574. The predicted octanol–water partition coefficient (Wildman–Crippen LogP) is 3.37. The van der Waals surface area contributed by atoms with E-state index in [9.17, 15) is 4.79 Å². The Bertz CT molecular complexity index is 584. The van der Waals surface area contributed by atoms with Crippen LogP contribution in [0.5, 0.6) is 0 Å². The lowest BCUT2D eigenvalue weighted by atomic mass is 10.1. The zero-order valence-electron chi connectivity index (χ0n) is 7.97. The van der Waals surface area contributed by atoms with Gasteiger partial charge in [-0.05, 0) is 44.6 Å². The summed E-state index contributed by atoms with van der Waals surface area (Å²) in [5.41, 5.74) is 1.03. The van der Waals surface area contributed by atoms with E-state index in [1.165, 1.54) is 7.11 Å². The number of hydrogen-bond acceptors (Lipinski definition) is 3. The molecule has 0 bridgehead atoms. The van der Waals surface area contributed by atoms with Crippen molar-refractivity contribution < 1.29 is 9.53 Å². The van der Waals surface area contributed by atoms with Crippen molar-refractivity contribution in [3.8, 4) is 0 Å². The van der Waals surface area contributed by atoms with Crippen molar-refractivity contribution >= 4 is 67.0 Å². The first-order valence-electron chi connectivity index (χ1n) is 4.16. The largest absolute Gasteiger partial charge is 0.465 e. The van der Waals surface area contributed by atoms with Crippen molar-refractivity contribution in [1.82, 2.24) is 10.2 Å². The first kappa shape index (κ1) is 12.1. The Labute approximate surface area is 118 Å². The second-order valence-electron chi connectivity index (χ2n) is 2.97. The minimum Gasteiger partial charge on any atom is -0.465 e. The van der Waals surface area contributed by atoms with Crippen molar-refractivity contribution in [2.45, 2.75) is 0 Å². The standard InChI is InChI=1S/C9H5BrClIN2O2/c1-16-9(15)6-5-4(13-14-8(5)12)2-3(11)7(6)10/h2H,1H3,(H,13,14). The molecule has 0 spiro atoms. The van der Waals surface area contributed by atoms with Crippen LogP contribution in [-0.2, 0) is 4.74 Å². The van der Waals surface area contributed by atoms with Crippen LogP contribution in [0.25, 0.3) is 10.9 Å². The van der Waals surface area contributed by atoms with Gasteiger partial charge in [-0.3, -0.25) is 5.10 Å². The molecule has 1 N–H and O–H groups in total. The smallest absolute Gasteiger partial charge is 0.339 e. The summed E-state index contributed by atoms with van der Waals surface area (Å²) in [6.07, 6.45) is 0. The third-order valence-electron chi connectivity index (χ3n) is 2.08. The third-order valence-corrected chi connectivity index (χ3v) is 4.21. The number of rotatable bonds is 1. The number of aromatic nitrogens is 2. The van der Waals surface area contributed by atoms with Gasteiger partial charge in [0, 0.05) is 5.39 Å². The molecule has 1 aromatic heterocycles. The average Bonchev–Trinajstić information content (AvgIpc) is 2.61. The average molecular weight is 415 g/mol. The summed E-state index contributed by atoms with van der Waals surface area (Å²) in [5, 5.41) is 7.99. The second kappa shape index (κ2) is 4.50. The van der Waals surface area contributed by atoms with Gasteiger partial charge < -0.3 is 4.74 Å². The molecule has 0 aliphatic heterocycles. The highest BCUT2D eigenvalue weighted by Gasteiger charge is 2.21. The predicted molar refractivity (Wildman–Crippen MR) is 72.9 cm³/mol. The highest BCUT2D eigenvalue weighted by molar-refractivity contribution is 14.1. The van der Waals surface area contributed by atoms with E-state index in [2.05, 4.69) is 48.7 Å². The Morgan fingerprint density at radius 3 is 3.00 bits per heavy atom. The maximum atomic E-state index is 11.7. The number of halogens is 3. The number of aromatic amines is 1. The number of fused-ring (bicyclic) bond motifs is 1. The second-order valence-corrected chi connectivity index (χ2v) is 5.25. The van der Waals surface area contributed by atoms with Gasteiger partial charge in [0.15, 0.2) is 0 Å². The van der Waals surface area contributed by atoms with Gasteiger partial charge in [-0.2, -0.15) is 5.10 Å². The summed E-state index contributed by atoms with van der Waals surface area (Å²) in [6.45, 7) is 0. The molecular formula is C9H5BrClIN2O2. The third kappa shape index (κ3) is 1.82. The first-order chi connectivity index (χ1) is 7.56. The molecule has 0 fully saturated rings. The molecule has 0 amide bonds. The molecular weight excluding hydrogens is 410 g/mol. The number of nitrogens with one attached hydrogen (secondary N) is 1. The van der Waals surface area contributed by atoms with Crippen LogP contribution in [0.3, 0.4) is 0 Å². The maximum Gasteiger partial charge on any atom is 0.339 e. The highest BCUT2D eigenvalue weighted by atomic mass is 127. The van der Waals surface area contributed by atoms with Gasteiger partial charge in [0.2, 0.25) is 0 Å². The molecule has 16 heavy (non-hydrogen) atoms. The van der Waals surface area contributed by atoms with E-state index in [0.29, 0.717) is 26.0 Å². The van der Waals surface area contributed by atoms with Gasteiger partial charge >= 0.3 is 5.97 Å². The van der Waals surface area contributed by atoms with Gasteiger partial charge in [-0.15, -0.1) is 0 Å². The Hall–Kier alpha value is -0.340. The number of ether oxygens (including phenoxy) is 1. The summed E-state index contributed by atoms with van der Waals surface area (Å²) in [4.78, 5) is 11.7. The summed E-state index contributed by atoms with van der Waals surface area (Å²) in [5.74, 6) is -0.446. The number of carbonyl (C=O) groups excluding carboxylic acids is 1. The molecule has 0 aliphatic carbocycles. The van der Waals surface area contributed by atoms with Gasteiger partial charge in [0.1, 0.15) is 3.70 Å². The van der Waals surface area contributed by atoms with Crippen LogP contribution in [0, 0.1) is 3.70 Å². The van der Waals surface area contributed by atoms with Gasteiger partial charge in [-0.1, -0.05) is 11.6 Å². The van der Waals surface area contributed by atoms with E-state index >= 15 is 0 Å². The van der Waals surface area contributed by atoms with Crippen molar-refractivity contribution in [2.75, 3.05) is 7.11 Å². The fourth-order valence-corrected chi connectivity index (χ4v) is 2.72. The number of esters is 1. The van der Waals surface area contributed by atoms with Crippen molar-refractivity contribution in [2.24, 2.45) is 0 Å². The molecule has 2 rings (SSSR count). The molecule has 7 heteroatoms. The molecule has 84 valence electrons. The monoisotopic (exact) mass is 414 g/mol. The molecule has 0 saturated heterocycles. The molecule has 0 aliphatic rings. The minimum atomic E-state index is -0.446. The zero-order chi connectivity index (χ0) is 11.9. The first-order valence-corrected chi connectivity index (χ1v) is 6.41. The van der Waals surface area contributed by atoms with Crippen LogP contribution in [0.15, 0.2) is 10.5 Å². The fraction of sp³-hybridized carbons (Fsp3) is 0.111. The molecule has 4 nitrogen and oxygen atoms in total. The van der Waals surface area contributed by atoms with Crippen molar-refractivity contribution in [1.29, 1.82) is 0 Å². The van der Waals surface area contributed by atoms with Crippen molar-refractivity contribution in [3.63, 3.8) is 0 Å². The molecule has 2 aromatic rings. The van der Waals surface area contributed by atoms with Crippen LogP contribution in [0.1, 0.15) is 10.4 Å². The number of methoxy groups -OCH3 is 1. The molecule has 1 aromatic carbocycles.